The second-order valence-corrected chi connectivity index (χ2v) is 5.17. The van der Waals surface area contributed by atoms with Gasteiger partial charge < -0.3 is 0 Å². The van der Waals surface area contributed by atoms with Crippen molar-refractivity contribution in [3.05, 3.63) is 59.1 Å². The van der Waals surface area contributed by atoms with Crippen molar-refractivity contribution >= 4 is 15.9 Å². The van der Waals surface area contributed by atoms with E-state index < -0.39 is 0 Å². The van der Waals surface area contributed by atoms with Crippen molar-refractivity contribution in [2.24, 2.45) is 7.05 Å². The van der Waals surface area contributed by atoms with Crippen molar-refractivity contribution in [3.63, 3.8) is 0 Å². The average molecular weight is 332 g/mol. The fourth-order valence-corrected chi connectivity index (χ4v) is 2.91. The first kappa shape index (κ1) is 13.0. The molecule has 0 N–H and O–H groups in total. The molecule has 0 saturated heterocycles. The topological polar surface area (TPSA) is 30.7 Å². The molecule has 0 radical (unpaired) electrons. The highest BCUT2D eigenvalue weighted by atomic mass is 79.9. The minimum Gasteiger partial charge on any atom is -0.266 e. The largest absolute Gasteiger partial charge is 0.266 e. The second-order valence-electron chi connectivity index (χ2n) is 4.38. The molecule has 0 aliphatic carbocycles. The standard InChI is InChI=1S/C15H11BrFN3/c1-20-15(11-6-8-18-9-7-11)13(16)14(19-20)10-2-4-12(17)5-3-10/h2-9H,1H3. The number of hydrogen-bond donors (Lipinski definition) is 0. The van der Waals surface area contributed by atoms with Gasteiger partial charge >= 0.3 is 0 Å². The van der Waals surface area contributed by atoms with Gasteiger partial charge in [-0.2, -0.15) is 5.10 Å². The Morgan fingerprint density at radius 2 is 1.65 bits per heavy atom. The zero-order chi connectivity index (χ0) is 14.1. The highest BCUT2D eigenvalue weighted by molar-refractivity contribution is 9.10. The molecule has 5 heteroatoms. The number of aryl methyl sites for hydroxylation is 1. The van der Waals surface area contributed by atoms with E-state index in [2.05, 4.69) is 26.0 Å². The van der Waals surface area contributed by atoms with E-state index in [0.717, 1.165) is 27.0 Å². The molecule has 0 unspecified atom stereocenters. The van der Waals surface area contributed by atoms with Gasteiger partial charge in [0, 0.05) is 30.6 Å². The molecular formula is C15H11BrFN3. The van der Waals surface area contributed by atoms with Gasteiger partial charge in [-0.1, -0.05) is 0 Å². The van der Waals surface area contributed by atoms with Gasteiger partial charge in [-0.15, -0.1) is 0 Å². The van der Waals surface area contributed by atoms with Crippen molar-refractivity contribution in [1.82, 2.24) is 14.8 Å². The van der Waals surface area contributed by atoms with Crippen molar-refractivity contribution in [1.29, 1.82) is 0 Å². The molecule has 2 heterocycles. The molecule has 3 nitrogen and oxygen atoms in total. The number of halogens is 2. The SMILES string of the molecule is Cn1nc(-c2ccc(F)cc2)c(Br)c1-c1ccncc1. The number of pyridine rings is 1. The molecule has 0 saturated carbocycles. The van der Waals surface area contributed by atoms with Crippen LogP contribution in [0.3, 0.4) is 0 Å². The van der Waals surface area contributed by atoms with Crippen LogP contribution in [0.2, 0.25) is 0 Å². The van der Waals surface area contributed by atoms with Crippen LogP contribution in [0.15, 0.2) is 53.3 Å². The zero-order valence-electron chi connectivity index (χ0n) is 10.7. The molecule has 20 heavy (non-hydrogen) atoms. The molecule has 0 amide bonds. The van der Waals surface area contributed by atoms with Crippen LogP contribution < -0.4 is 0 Å². The molecular weight excluding hydrogens is 321 g/mol. The van der Waals surface area contributed by atoms with Crippen molar-refractivity contribution in [2.75, 3.05) is 0 Å². The summed E-state index contributed by atoms with van der Waals surface area (Å²) in [4.78, 5) is 4.02. The highest BCUT2D eigenvalue weighted by Crippen LogP contribution is 2.35. The molecule has 2 aromatic heterocycles. The van der Waals surface area contributed by atoms with E-state index in [1.54, 1.807) is 29.2 Å². The maximum Gasteiger partial charge on any atom is 0.123 e. The Hall–Kier alpha value is -2.01. The van der Waals surface area contributed by atoms with Crippen molar-refractivity contribution in [3.8, 4) is 22.5 Å². The molecule has 0 fully saturated rings. The predicted octanol–water partition coefficient (Wildman–Crippen LogP) is 4.05. The first-order valence-electron chi connectivity index (χ1n) is 6.05. The zero-order valence-corrected chi connectivity index (χ0v) is 12.3. The lowest BCUT2D eigenvalue weighted by atomic mass is 10.1. The summed E-state index contributed by atoms with van der Waals surface area (Å²) in [6, 6.07) is 10.2. The number of nitrogens with zero attached hydrogens (tertiary/aromatic N) is 3. The quantitative estimate of drug-likeness (QED) is 0.709. The average Bonchev–Trinajstić information content (AvgIpc) is 2.76. The smallest absolute Gasteiger partial charge is 0.123 e. The van der Waals surface area contributed by atoms with Crippen LogP contribution >= 0.6 is 15.9 Å². The monoisotopic (exact) mass is 331 g/mol. The molecule has 0 bridgehead atoms. The lowest BCUT2D eigenvalue weighted by Gasteiger charge is -2.02. The van der Waals surface area contributed by atoms with Gasteiger partial charge in [-0.05, 0) is 52.3 Å². The molecule has 0 spiro atoms. The van der Waals surface area contributed by atoms with E-state index in [-0.39, 0.29) is 5.82 Å². The summed E-state index contributed by atoms with van der Waals surface area (Å²) < 4.78 is 15.7. The lowest BCUT2D eigenvalue weighted by molar-refractivity contribution is 0.628. The third-order valence-corrected chi connectivity index (χ3v) is 3.81. The Morgan fingerprint density at radius 1 is 1.00 bits per heavy atom. The van der Waals surface area contributed by atoms with Gasteiger partial charge in [-0.25, -0.2) is 4.39 Å². The van der Waals surface area contributed by atoms with E-state index in [4.69, 9.17) is 0 Å². The third kappa shape index (κ3) is 2.25. The minimum atomic E-state index is -0.254. The minimum absolute atomic E-state index is 0.254. The summed E-state index contributed by atoms with van der Waals surface area (Å²) in [5.74, 6) is -0.254. The van der Waals surface area contributed by atoms with Crippen LogP contribution in [-0.2, 0) is 7.05 Å². The van der Waals surface area contributed by atoms with Gasteiger partial charge in [0.2, 0.25) is 0 Å². The van der Waals surface area contributed by atoms with E-state index >= 15 is 0 Å². The molecule has 100 valence electrons. The van der Waals surface area contributed by atoms with Crippen LogP contribution in [0.4, 0.5) is 4.39 Å². The first-order valence-corrected chi connectivity index (χ1v) is 6.85. The summed E-state index contributed by atoms with van der Waals surface area (Å²) >= 11 is 3.60. The Balaban J connectivity index is 2.14. The van der Waals surface area contributed by atoms with Gasteiger partial charge in [0.1, 0.15) is 11.5 Å². The lowest BCUT2D eigenvalue weighted by Crippen LogP contribution is -1.94. The Morgan fingerprint density at radius 3 is 2.30 bits per heavy atom. The molecule has 0 aliphatic rings. The number of aromatic nitrogens is 3. The van der Waals surface area contributed by atoms with E-state index in [1.807, 2.05) is 19.2 Å². The molecule has 1 aromatic carbocycles. The van der Waals surface area contributed by atoms with Crippen LogP contribution in [0, 0.1) is 5.82 Å². The highest BCUT2D eigenvalue weighted by Gasteiger charge is 2.16. The number of rotatable bonds is 2. The summed E-state index contributed by atoms with van der Waals surface area (Å²) in [6.07, 6.45) is 3.48. The van der Waals surface area contributed by atoms with E-state index in [1.165, 1.54) is 12.1 Å². The number of benzene rings is 1. The predicted molar refractivity (Wildman–Crippen MR) is 79.5 cm³/mol. The third-order valence-electron chi connectivity index (χ3n) is 3.06. The van der Waals surface area contributed by atoms with E-state index in [0.29, 0.717) is 0 Å². The summed E-state index contributed by atoms with van der Waals surface area (Å²) in [5.41, 5.74) is 3.65. The molecule has 0 atom stereocenters. The van der Waals surface area contributed by atoms with Crippen LogP contribution in [0.5, 0.6) is 0 Å². The Kier molecular flexibility index (Phi) is 3.36. The molecule has 0 aliphatic heterocycles. The van der Waals surface area contributed by atoms with Gasteiger partial charge in [-0.3, -0.25) is 9.67 Å². The van der Waals surface area contributed by atoms with Crippen LogP contribution in [-0.4, -0.2) is 14.8 Å². The summed E-state index contributed by atoms with van der Waals surface area (Å²) in [5, 5.41) is 4.51. The fraction of sp³-hybridized carbons (Fsp3) is 0.0667. The molecule has 3 aromatic rings. The summed E-state index contributed by atoms with van der Waals surface area (Å²) in [6.45, 7) is 0. The first-order chi connectivity index (χ1) is 9.66. The summed E-state index contributed by atoms with van der Waals surface area (Å²) in [7, 11) is 1.88. The number of hydrogen-bond acceptors (Lipinski definition) is 2. The maximum absolute atomic E-state index is 13.0. The van der Waals surface area contributed by atoms with Gasteiger partial charge in [0.15, 0.2) is 0 Å². The van der Waals surface area contributed by atoms with Gasteiger partial charge in [0.05, 0.1) is 10.2 Å². The fourth-order valence-electron chi connectivity index (χ4n) is 2.11. The van der Waals surface area contributed by atoms with Crippen LogP contribution in [0.1, 0.15) is 0 Å². The second kappa shape index (κ2) is 5.17. The maximum atomic E-state index is 13.0. The van der Waals surface area contributed by atoms with Crippen molar-refractivity contribution in [2.45, 2.75) is 0 Å². The Bertz CT molecular complexity index is 736. The van der Waals surface area contributed by atoms with Crippen molar-refractivity contribution < 1.29 is 4.39 Å². The normalized spacial score (nSPS) is 10.8. The molecule has 3 rings (SSSR count). The Labute approximate surface area is 124 Å². The van der Waals surface area contributed by atoms with Crippen LogP contribution in [0.25, 0.3) is 22.5 Å². The van der Waals surface area contributed by atoms with Gasteiger partial charge in [0.25, 0.3) is 0 Å². The van der Waals surface area contributed by atoms with E-state index in [9.17, 15) is 4.39 Å².